The number of carbonyl (C=O) groups is 2. The van der Waals surface area contributed by atoms with Crippen molar-refractivity contribution in [1.29, 1.82) is 0 Å². The summed E-state index contributed by atoms with van der Waals surface area (Å²) in [5.41, 5.74) is 3.22. The van der Waals surface area contributed by atoms with Crippen LogP contribution < -0.4 is 0 Å². The maximum atomic E-state index is 9.55. The molecule has 8 heteroatoms. The van der Waals surface area contributed by atoms with Gasteiger partial charge in [-0.05, 0) is 55.3 Å². The van der Waals surface area contributed by atoms with Gasteiger partial charge in [-0.2, -0.15) is 0 Å². The summed E-state index contributed by atoms with van der Waals surface area (Å²) in [6.45, 7) is 3.30. The molecule has 2 aromatic rings. The van der Waals surface area contributed by atoms with Crippen LogP contribution in [0.1, 0.15) is 18.4 Å². The van der Waals surface area contributed by atoms with Gasteiger partial charge in [0.2, 0.25) is 0 Å². The molecule has 1 aromatic heterocycles. The van der Waals surface area contributed by atoms with Crippen molar-refractivity contribution in [2.24, 2.45) is 0 Å². The van der Waals surface area contributed by atoms with Gasteiger partial charge < -0.3 is 15.3 Å². The molecule has 1 saturated heterocycles. The van der Waals surface area contributed by atoms with Gasteiger partial charge in [0.05, 0.1) is 5.02 Å². The number of aromatic hydroxyl groups is 1. The van der Waals surface area contributed by atoms with E-state index in [-0.39, 0.29) is 5.75 Å². The number of rotatable bonds is 5. The van der Waals surface area contributed by atoms with Gasteiger partial charge in [0.25, 0.3) is 0 Å². The third-order valence-corrected chi connectivity index (χ3v) is 4.35. The Morgan fingerprint density at radius 2 is 1.68 bits per heavy atom. The van der Waals surface area contributed by atoms with Crippen LogP contribution in [0.4, 0.5) is 0 Å². The molecule has 3 rings (SSSR count). The Labute approximate surface area is 167 Å². The van der Waals surface area contributed by atoms with Crippen LogP contribution in [0.5, 0.6) is 5.75 Å². The standard InChI is InChI=1S/C16H17ClN2O.C4H4O4/c17-15-8-13(3-4-16(15)20)14-7-12(9-18-10-14)11-19-5-1-2-6-19;5-3(6)1-2-4(7)8/h3-4,7-10,20H,1-2,5-6,11H2;1-2H,(H,5,6)(H,7,8)/b;2-1+. The summed E-state index contributed by atoms with van der Waals surface area (Å²) < 4.78 is 0. The number of hydrogen-bond acceptors (Lipinski definition) is 5. The molecule has 0 atom stereocenters. The van der Waals surface area contributed by atoms with Gasteiger partial charge in [-0.15, -0.1) is 0 Å². The molecule has 1 aliphatic rings. The van der Waals surface area contributed by atoms with Crippen LogP contribution in [0, 0.1) is 0 Å². The zero-order valence-corrected chi connectivity index (χ0v) is 15.8. The van der Waals surface area contributed by atoms with E-state index in [1.807, 2.05) is 18.5 Å². The average Bonchev–Trinajstić information content (AvgIpc) is 3.16. The number of aromatic nitrogens is 1. The molecule has 3 N–H and O–H groups in total. The Bertz CT molecular complexity index is 847. The van der Waals surface area contributed by atoms with Crippen molar-refractivity contribution in [3.63, 3.8) is 0 Å². The highest BCUT2D eigenvalue weighted by Crippen LogP contribution is 2.29. The van der Waals surface area contributed by atoms with Gasteiger partial charge in [-0.1, -0.05) is 17.7 Å². The maximum Gasteiger partial charge on any atom is 0.328 e. The number of carboxylic acid groups (broad SMARTS) is 2. The number of carboxylic acids is 2. The second kappa shape index (κ2) is 10.4. The first-order valence-corrected chi connectivity index (χ1v) is 9.02. The zero-order chi connectivity index (χ0) is 20.5. The van der Waals surface area contributed by atoms with E-state index in [1.54, 1.807) is 12.1 Å². The number of hydrogen-bond donors (Lipinski definition) is 3. The monoisotopic (exact) mass is 404 g/mol. The molecular weight excluding hydrogens is 384 g/mol. The van der Waals surface area contributed by atoms with Crippen molar-refractivity contribution < 1.29 is 24.9 Å². The second-order valence-electron chi connectivity index (χ2n) is 6.24. The maximum absolute atomic E-state index is 9.55. The van der Waals surface area contributed by atoms with Crippen molar-refractivity contribution in [2.45, 2.75) is 19.4 Å². The molecule has 0 unspecified atom stereocenters. The topological polar surface area (TPSA) is 111 Å². The van der Waals surface area contributed by atoms with E-state index in [0.29, 0.717) is 17.2 Å². The third kappa shape index (κ3) is 7.02. The average molecular weight is 405 g/mol. The SMILES string of the molecule is O=C(O)/C=C/C(=O)O.Oc1ccc(-c2cncc(CN3CCCC3)c2)cc1Cl. The summed E-state index contributed by atoms with van der Waals surface area (Å²) in [7, 11) is 0. The Morgan fingerprint density at radius 3 is 2.25 bits per heavy atom. The van der Waals surface area contributed by atoms with E-state index in [2.05, 4.69) is 16.0 Å². The number of benzene rings is 1. The van der Waals surface area contributed by atoms with Gasteiger partial charge in [0.15, 0.2) is 0 Å². The van der Waals surface area contributed by atoms with Crippen LogP contribution in [0.3, 0.4) is 0 Å². The van der Waals surface area contributed by atoms with E-state index < -0.39 is 11.9 Å². The Kier molecular flexibility index (Phi) is 7.98. The molecule has 0 spiro atoms. The minimum Gasteiger partial charge on any atom is -0.506 e. The van der Waals surface area contributed by atoms with Crippen LogP contribution >= 0.6 is 11.6 Å². The fraction of sp³-hybridized carbons (Fsp3) is 0.250. The fourth-order valence-electron chi connectivity index (χ4n) is 2.76. The van der Waals surface area contributed by atoms with E-state index in [0.717, 1.165) is 17.7 Å². The lowest BCUT2D eigenvalue weighted by molar-refractivity contribution is -0.134. The minimum atomic E-state index is -1.26. The molecular formula is C20H21ClN2O5. The van der Waals surface area contributed by atoms with Crippen molar-refractivity contribution in [1.82, 2.24) is 9.88 Å². The van der Waals surface area contributed by atoms with E-state index >= 15 is 0 Å². The Balaban J connectivity index is 0.000000300. The van der Waals surface area contributed by atoms with E-state index in [4.69, 9.17) is 21.8 Å². The van der Waals surface area contributed by atoms with Crippen molar-refractivity contribution >= 4 is 23.5 Å². The summed E-state index contributed by atoms with van der Waals surface area (Å²) in [5.74, 6) is -2.41. The molecule has 7 nitrogen and oxygen atoms in total. The number of likely N-dealkylation sites (tertiary alicyclic amines) is 1. The van der Waals surface area contributed by atoms with Crippen LogP contribution in [-0.2, 0) is 16.1 Å². The Morgan fingerprint density at radius 1 is 1.04 bits per heavy atom. The van der Waals surface area contributed by atoms with Crippen LogP contribution in [0.2, 0.25) is 5.02 Å². The predicted octanol–water partition coefficient (Wildman–Crippen LogP) is 3.42. The van der Waals surface area contributed by atoms with Gasteiger partial charge in [-0.25, -0.2) is 9.59 Å². The number of phenolic OH excluding ortho intramolecular Hbond substituents is 1. The number of halogens is 1. The third-order valence-electron chi connectivity index (χ3n) is 4.05. The van der Waals surface area contributed by atoms with E-state index in [9.17, 15) is 14.7 Å². The van der Waals surface area contributed by atoms with Crippen LogP contribution in [-0.4, -0.2) is 50.2 Å². The normalized spacial score (nSPS) is 13.9. The largest absolute Gasteiger partial charge is 0.506 e. The lowest BCUT2D eigenvalue weighted by Crippen LogP contribution is -2.18. The van der Waals surface area contributed by atoms with Gasteiger partial charge in [0, 0.05) is 36.7 Å². The number of nitrogens with zero attached hydrogens (tertiary/aromatic N) is 2. The molecule has 1 aliphatic heterocycles. The van der Waals surface area contributed by atoms with Gasteiger partial charge >= 0.3 is 11.9 Å². The van der Waals surface area contributed by atoms with Gasteiger partial charge in [-0.3, -0.25) is 9.88 Å². The Hall–Kier alpha value is -2.90. The van der Waals surface area contributed by atoms with Gasteiger partial charge in [0.1, 0.15) is 5.75 Å². The fourth-order valence-corrected chi connectivity index (χ4v) is 2.94. The number of aliphatic carboxylic acids is 2. The van der Waals surface area contributed by atoms with Crippen LogP contribution in [0.25, 0.3) is 11.1 Å². The predicted molar refractivity (Wildman–Crippen MR) is 105 cm³/mol. The van der Waals surface area contributed by atoms with Crippen LogP contribution in [0.15, 0.2) is 48.8 Å². The zero-order valence-electron chi connectivity index (χ0n) is 15.1. The molecule has 0 aliphatic carbocycles. The smallest absolute Gasteiger partial charge is 0.328 e. The second-order valence-corrected chi connectivity index (χ2v) is 6.65. The summed E-state index contributed by atoms with van der Waals surface area (Å²) in [6, 6.07) is 7.39. The lowest BCUT2D eigenvalue weighted by Gasteiger charge is -2.14. The highest BCUT2D eigenvalue weighted by atomic mass is 35.5. The molecule has 0 amide bonds. The van der Waals surface area contributed by atoms with Crippen molar-refractivity contribution in [3.05, 3.63) is 59.4 Å². The quantitative estimate of drug-likeness (QED) is 0.654. The summed E-state index contributed by atoms with van der Waals surface area (Å²) in [4.78, 5) is 25.9. The molecule has 0 radical (unpaired) electrons. The van der Waals surface area contributed by atoms with E-state index in [1.165, 1.54) is 31.5 Å². The molecule has 148 valence electrons. The van der Waals surface area contributed by atoms with Crippen molar-refractivity contribution in [2.75, 3.05) is 13.1 Å². The number of pyridine rings is 1. The summed E-state index contributed by atoms with van der Waals surface area (Å²) in [6.07, 6.45) is 7.45. The highest BCUT2D eigenvalue weighted by molar-refractivity contribution is 6.32. The minimum absolute atomic E-state index is 0.108. The molecule has 28 heavy (non-hydrogen) atoms. The first-order valence-electron chi connectivity index (χ1n) is 8.64. The number of phenols is 1. The molecule has 1 aromatic carbocycles. The highest BCUT2D eigenvalue weighted by Gasteiger charge is 2.12. The molecule has 1 fully saturated rings. The summed E-state index contributed by atoms with van der Waals surface area (Å²) >= 11 is 5.96. The first-order chi connectivity index (χ1) is 13.3. The molecule has 0 bridgehead atoms. The van der Waals surface area contributed by atoms with Crippen molar-refractivity contribution in [3.8, 4) is 16.9 Å². The molecule has 0 saturated carbocycles. The molecule has 2 heterocycles. The first kappa shape index (κ1) is 21.4. The lowest BCUT2D eigenvalue weighted by atomic mass is 10.1. The summed E-state index contributed by atoms with van der Waals surface area (Å²) in [5, 5.41) is 25.5.